The maximum absolute atomic E-state index is 13.1. The third-order valence-electron chi connectivity index (χ3n) is 3.67. The van der Waals surface area contributed by atoms with Gasteiger partial charge >= 0.3 is 0 Å². The van der Waals surface area contributed by atoms with Crippen molar-refractivity contribution in [2.75, 3.05) is 7.11 Å². The molecule has 0 aromatic heterocycles. The zero-order valence-corrected chi connectivity index (χ0v) is 12.9. The van der Waals surface area contributed by atoms with Crippen LogP contribution >= 0.6 is 0 Å². The normalized spacial score (nSPS) is 11.3. The quantitative estimate of drug-likeness (QED) is 0.584. The summed E-state index contributed by atoms with van der Waals surface area (Å²) in [6, 6.07) is 24.6. The Morgan fingerprint density at radius 2 is 1.39 bits per heavy atom. The summed E-state index contributed by atoms with van der Waals surface area (Å²) >= 11 is 0. The third-order valence-corrected chi connectivity index (χ3v) is 3.67. The molecule has 0 bridgehead atoms. The third kappa shape index (κ3) is 3.67. The van der Waals surface area contributed by atoms with Gasteiger partial charge in [0.15, 0.2) is 0 Å². The van der Waals surface area contributed by atoms with Crippen LogP contribution in [0.5, 0.6) is 5.75 Å². The van der Waals surface area contributed by atoms with Crippen LogP contribution in [-0.2, 0) is 0 Å². The molecule has 3 aromatic carbocycles. The van der Waals surface area contributed by atoms with Gasteiger partial charge in [-0.05, 0) is 52.6 Å². The average molecular weight is 304 g/mol. The van der Waals surface area contributed by atoms with Crippen LogP contribution in [0.25, 0.3) is 11.6 Å². The first-order valence-electron chi connectivity index (χ1n) is 7.43. The molecule has 0 atom stereocenters. The maximum Gasteiger partial charge on any atom is 0.123 e. The number of rotatable bonds is 4. The van der Waals surface area contributed by atoms with Crippen molar-refractivity contribution < 1.29 is 9.13 Å². The van der Waals surface area contributed by atoms with Gasteiger partial charge in [-0.3, -0.25) is 0 Å². The molecule has 0 radical (unpaired) electrons. The van der Waals surface area contributed by atoms with Crippen LogP contribution in [0.4, 0.5) is 4.39 Å². The minimum atomic E-state index is -0.229. The molecule has 0 aliphatic heterocycles. The monoisotopic (exact) mass is 304 g/mol. The van der Waals surface area contributed by atoms with E-state index in [1.807, 2.05) is 42.5 Å². The molecule has 0 heterocycles. The molecule has 0 N–H and O–H groups in total. The molecule has 2 heteroatoms. The standard InChI is InChI=1S/C21H17FO/c1-23-20-13-9-18(10-14-20)21(17-5-3-2-4-6-17)15-16-7-11-19(22)12-8-16/h2-15H,1H3/b21-15+. The molecule has 0 unspecified atom stereocenters. The van der Waals surface area contributed by atoms with Crippen LogP contribution in [0.2, 0.25) is 0 Å². The Bertz CT molecular complexity index is 788. The van der Waals surface area contributed by atoms with E-state index in [2.05, 4.69) is 18.2 Å². The molecule has 0 aliphatic carbocycles. The largest absolute Gasteiger partial charge is 0.497 e. The van der Waals surface area contributed by atoms with Gasteiger partial charge in [0.2, 0.25) is 0 Å². The molecule has 0 saturated heterocycles. The molecule has 3 rings (SSSR count). The molecule has 0 fully saturated rings. The van der Waals surface area contributed by atoms with E-state index in [1.165, 1.54) is 12.1 Å². The second kappa shape index (κ2) is 6.93. The SMILES string of the molecule is COc1ccc(/C(=C/c2ccc(F)cc2)c2ccccc2)cc1. The molecule has 3 aromatic rings. The summed E-state index contributed by atoms with van der Waals surface area (Å²) in [5.74, 6) is 0.593. The summed E-state index contributed by atoms with van der Waals surface area (Å²) < 4.78 is 18.3. The Hall–Kier alpha value is -2.87. The van der Waals surface area contributed by atoms with E-state index in [0.29, 0.717) is 0 Å². The summed E-state index contributed by atoms with van der Waals surface area (Å²) in [4.78, 5) is 0. The Labute approximate surface area is 135 Å². The molecular weight excluding hydrogens is 287 g/mol. The molecule has 0 amide bonds. The van der Waals surface area contributed by atoms with Crippen LogP contribution in [0.3, 0.4) is 0 Å². The Morgan fingerprint density at radius 1 is 0.783 bits per heavy atom. The molecule has 23 heavy (non-hydrogen) atoms. The van der Waals surface area contributed by atoms with E-state index in [1.54, 1.807) is 19.2 Å². The van der Waals surface area contributed by atoms with Gasteiger partial charge in [-0.15, -0.1) is 0 Å². The topological polar surface area (TPSA) is 9.23 Å². The van der Waals surface area contributed by atoms with Crippen LogP contribution in [0.15, 0.2) is 78.9 Å². The lowest BCUT2D eigenvalue weighted by atomic mass is 9.95. The van der Waals surface area contributed by atoms with Crippen molar-refractivity contribution in [3.05, 3.63) is 101 Å². The van der Waals surface area contributed by atoms with Crippen molar-refractivity contribution in [3.8, 4) is 5.75 Å². The van der Waals surface area contributed by atoms with Crippen molar-refractivity contribution >= 4 is 11.6 Å². The molecule has 114 valence electrons. The number of ether oxygens (including phenoxy) is 1. The predicted molar refractivity (Wildman–Crippen MR) is 92.8 cm³/mol. The smallest absolute Gasteiger partial charge is 0.123 e. The van der Waals surface area contributed by atoms with Crippen molar-refractivity contribution in [2.24, 2.45) is 0 Å². The lowest BCUT2D eigenvalue weighted by Crippen LogP contribution is -1.89. The highest BCUT2D eigenvalue weighted by Crippen LogP contribution is 2.27. The fourth-order valence-corrected chi connectivity index (χ4v) is 2.45. The summed E-state index contributed by atoms with van der Waals surface area (Å²) in [6.07, 6.45) is 2.07. The van der Waals surface area contributed by atoms with Gasteiger partial charge < -0.3 is 4.74 Å². The fourth-order valence-electron chi connectivity index (χ4n) is 2.45. The average Bonchev–Trinajstić information content (AvgIpc) is 2.62. The van der Waals surface area contributed by atoms with Crippen LogP contribution < -0.4 is 4.74 Å². The van der Waals surface area contributed by atoms with Crippen molar-refractivity contribution in [1.29, 1.82) is 0 Å². The highest BCUT2D eigenvalue weighted by Gasteiger charge is 2.06. The minimum absolute atomic E-state index is 0.229. The molecular formula is C21H17FO. The first kappa shape index (κ1) is 15.0. The predicted octanol–water partition coefficient (Wildman–Crippen LogP) is 5.42. The van der Waals surface area contributed by atoms with Gasteiger partial charge in [0.1, 0.15) is 11.6 Å². The Balaban J connectivity index is 2.08. The van der Waals surface area contributed by atoms with E-state index in [0.717, 1.165) is 28.0 Å². The van der Waals surface area contributed by atoms with Gasteiger partial charge in [-0.25, -0.2) is 4.39 Å². The molecule has 0 saturated carbocycles. The summed E-state index contributed by atoms with van der Waals surface area (Å²) in [6.45, 7) is 0. The zero-order valence-electron chi connectivity index (χ0n) is 12.9. The summed E-state index contributed by atoms with van der Waals surface area (Å²) in [5, 5.41) is 0. The molecule has 1 nitrogen and oxygen atoms in total. The Kier molecular flexibility index (Phi) is 4.53. The van der Waals surface area contributed by atoms with E-state index in [4.69, 9.17) is 4.74 Å². The highest BCUT2D eigenvalue weighted by atomic mass is 19.1. The van der Waals surface area contributed by atoms with Crippen molar-refractivity contribution in [1.82, 2.24) is 0 Å². The zero-order chi connectivity index (χ0) is 16.1. The number of benzene rings is 3. The van der Waals surface area contributed by atoms with Crippen LogP contribution in [-0.4, -0.2) is 7.11 Å². The van der Waals surface area contributed by atoms with Gasteiger partial charge in [0.05, 0.1) is 7.11 Å². The van der Waals surface area contributed by atoms with Crippen molar-refractivity contribution in [2.45, 2.75) is 0 Å². The minimum Gasteiger partial charge on any atom is -0.497 e. The van der Waals surface area contributed by atoms with Gasteiger partial charge in [0, 0.05) is 0 Å². The highest BCUT2D eigenvalue weighted by molar-refractivity contribution is 5.91. The van der Waals surface area contributed by atoms with E-state index >= 15 is 0 Å². The summed E-state index contributed by atoms with van der Waals surface area (Å²) in [7, 11) is 1.65. The fraction of sp³-hybridized carbons (Fsp3) is 0.0476. The summed E-state index contributed by atoms with van der Waals surface area (Å²) in [5.41, 5.74) is 4.24. The Morgan fingerprint density at radius 3 is 2.00 bits per heavy atom. The number of hydrogen-bond acceptors (Lipinski definition) is 1. The first-order valence-corrected chi connectivity index (χ1v) is 7.43. The van der Waals surface area contributed by atoms with E-state index in [-0.39, 0.29) is 5.82 Å². The van der Waals surface area contributed by atoms with E-state index in [9.17, 15) is 4.39 Å². The van der Waals surface area contributed by atoms with Gasteiger partial charge in [-0.2, -0.15) is 0 Å². The second-order valence-electron chi connectivity index (χ2n) is 5.20. The van der Waals surface area contributed by atoms with Gasteiger partial charge in [0.25, 0.3) is 0 Å². The molecule has 0 aliphatic rings. The second-order valence-corrected chi connectivity index (χ2v) is 5.20. The lowest BCUT2D eigenvalue weighted by molar-refractivity contribution is 0.415. The van der Waals surface area contributed by atoms with Gasteiger partial charge in [-0.1, -0.05) is 54.6 Å². The van der Waals surface area contributed by atoms with Crippen LogP contribution in [0, 0.1) is 5.82 Å². The number of hydrogen-bond donors (Lipinski definition) is 0. The number of methoxy groups -OCH3 is 1. The van der Waals surface area contributed by atoms with E-state index < -0.39 is 0 Å². The van der Waals surface area contributed by atoms with Crippen LogP contribution in [0.1, 0.15) is 16.7 Å². The first-order chi connectivity index (χ1) is 11.3. The molecule has 0 spiro atoms. The van der Waals surface area contributed by atoms with Crippen molar-refractivity contribution in [3.63, 3.8) is 0 Å². The lowest BCUT2D eigenvalue weighted by Gasteiger charge is -2.10. The maximum atomic E-state index is 13.1. The number of halogens is 1.